The molecule has 0 fully saturated rings. The van der Waals surface area contributed by atoms with Crippen molar-refractivity contribution in [3.8, 4) is 0 Å². The summed E-state index contributed by atoms with van der Waals surface area (Å²) in [5.41, 5.74) is 2.44. The zero-order chi connectivity index (χ0) is 26.9. The first-order chi connectivity index (χ1) is 18.5. The van der Waals surface area contributed by atoms with Crippen LogP contribution in [0.15, 0.2) is 109 Å². The number of methoxy groups -OCH3 is 1. The zero-order valence-electron chi connectivity index (χ0n) is 20.8. The van der Waals surface area contributed by atoms with E-state index in [0.717, 1.165) is 11.1 Å². The molecule has 1 atom stereocenters. The van der Waals surface area contributed by atoms with Crippen molar-refractivity contribution in [2.75, 3.05) is 12.0 Å². The first kappa shape index (κ1) is 26.1. The summed E-state index contributed by atoms with van der Waals surface area (Å²) in [7, 11) is 1.24. The van der Waals surface area contributed by atoms with E-state index in [2.05, 4.69) is 5.32 Å². The molecule has 8 nitrogen and oxygen atoms in total. The predicted octanol–water partition coefficient (Wildman–Crippen LogP) is 5.45. The van der Waals surface area contributed by atoms with Crippen molar-refractivity contribution < 1.29 is 19.2 Å². The van der Waals surface area contributed by atoms with E-state index in [9.17, 15) is 19.7 Å². The molecule has 0 aliphatic rings. The quantitative estimate of drug-likeness (QED) is 0.173. The van der Waals surface area contributed by atoms with Crippen molar-refractivity contribution in [3.63, 3.8) is 0 Å². The average molecular weight is 510 g/mol. The molecule has 0 bridgehead atoms. The number of hydrogen-bond donors (Lipinski definition) is 1. The Morgan fingerprint density at radius 2 is 1.45 bits per heavy atom. The Hall–Kier alpha value is -4.98. The first-order valence-electron chi connectivity index (χ1n) is 12.0. The molecule has 38 heavy (non-hydrogen) atoms. The van der Waals surface area contributed by atoms with Crippen LogP contribution in [0.2, 0.25) is 0 Å². The lowest BCUT2D eigenvalue weighted by atomic mass is 10.0. The van der Waals surface area contributed by atoms with Gasteiger partial charge in [-0.05, 0) is 28.8 Å². The summed E-state index contributed by atoms with van der Waals surface area (Å²) in [5, 5.41) is 15.1. The molecule has 0 aromatic heterocycles. The van der Waals surface area contributed by atoms with E-state index in [1.54, 1.807) is 17.0 Å². The van der Waals surface area contributed by atoms with Crippen molar-refractivity contribution >= 4 is 23.3 Å². The molecule has 1 unspecified atom stereocenters. The van der Waals surface area contributed by atoms with Crippen LogP contribution in [-0.2, 0) is 22.6 Å². The second kappa shape index (κ2) is 12.3. The molecule has 0 saturated carbocycles. The lowest BCUT2D eigenvalue weighted by Gasteiger charge is -2.33. The molecule has 4 aromatic rings. The number of nitro benzene ring substituents is 1. The van der Waals surface area contributed by atoms with Crippen LogP contribution in [0.25, 0.3) is 0 Å². The summed E-state index contributed by atoms with van der Waals surface area (Å²) in [6.07, 6.45) is 0. The van der Waals surface area contributed by atoms with Gasteiger partial charge in [0.25, 0.3) is 5.69 Å². The summed E-state index contributed by atoms with van der Waals surface area (Å²) >= 11 is 0. The number of carbonyl (C=O) groups is 2. The van der Waals surface area contributed by atoms with Crippen LogP contribution in [0.1, 0.15) is 33.1 Å². The molecule has 4 rings (SSSR count). The van der Waals surface area contributed by atoms with E-state index in [0.29, 0.717) is 5.56 Å². The minimum Gasteiger partial charge on any atom is -0.465 e. The molecule has 0 aliphatic carbocycles. The van der Waals surface area contributed by atoms with Crippen molar-refractivity contribution in [3.05, 3.63) is 142 Å². The summed E-state index contributed by atoms with van der Waals surface area (Å²) in [6, 6.07) is 31.0. The third-order valence-electron chi connectivity index (χ3n) is 6.08. The highest BCUT2D eigenvalue weighted by atomic mass is 16.6. The molecule has 8 heteroatoms. The fourth-order valence-electron chi connectivity index (χ4n) is 4.24. The summed E-state index contributed by atoms with van der Waals surface area (Å²) in [6.45, 7) is 0.455. The normalized spacial score (nSPS) is 11.3. The van der Waals surface area contributed by atoms with E-state index in [-0.39, 0.29) is 35.9 Å². The number of nitrogens with one attached hydrogen (secondary N) is 1. The highest BCUT2D eigenvalue weighted by Gasteiger charge is 2.33. The number of rotatable bonds is 10. The van der Waals surface area contributed by atoms with Crippen molar-refractivity contribution in [1.82, 2.24) is 5.32 Å². The Morgan fingerprint density at radius 3 is 2.03 bits per heavy atom. The third kappa shape index (κ3) is 6.22. The van der Waals surface area contributed by atoms with Crippen LogP contribution in [0, 0.1) is 10.1 Å². The number of ether oxygens (including phenoxy) is 1. The number of esters is 1. The van der Waals surface area contributed by atoms with Crippen LogP contribution >= 0.6 is 0 Å². The number of anilines is 1. The highest BCUT2D eigenvalue weighted by Crippen LogP contribution is 2.37. The Bertz CT molecular complexity index is 1400. The van der Waals surface area contributed by atoms with Crippen LogP contribution in [0.4, 0.5) is 11.4 Å². The van der Waals surface area contributed by atoms with Gasteiger partial charge in [0.15, 0.2) is 0 Å². The smallest absolute Gasteiger partial charge is 0.337 e. The number of carbonyl (C=O) groups excluding carboxylic acids is 2. The number of benzene rings is 4. The zero-order valence-corrected chi connectivity index (χ0v) is 20.8. The van der Waals surface area contributed by atoms with E-state index in [1.807, 2.05) is 78.9 Å². The molecule has 1 N–H and O–H groups in total. The monoisotopic (exact) mass is 509 g/mol. The van der Waals surface area contributed by atoms with Gasteiger partial charge in [0.1, 0.15) is 11.7 Å². The van der Waals surface area contributed by atoms with Gasteiger partial charge in [0.05, 0.1) is 17.6 Å². The van der Waals surface area contributed by atoms with Gasteiger partial charge in [0, 0.05) is 19.2 Å². The highest BCUT2D eigenvalue weighted by molar-refractivity contribution is 5.93. The molecule has 0 radical (unpaired) electrons. The lowest BCUT2D eigenvalue weighted by molar-refractivity contribution is -0.384. The molecule has 0 aliphatic heterocycles. The second-order valence-corrected chi connectivity index (χ2v) is 8.58. The fourth-order valence-corrected chi connectivity index (χ4v) is 4.24. The standard InChI is InChI=1S/C30H27N3O5/c1-38-30(35)25-17-18-26(33(36)37)27(19-25)32(21-23-13-7-3-8-14-23)28(24-15-9-4-10-16-24)29(34)31-20-22-11-5-2-6-12-22/h2-19,28H,20-21H2,1H3,(H,31,34). The SMILES string of the molecule is COC(=O)c1ccc([N+](=O)[O-])c(N(Cc2ccccc2)C(C(=O)NCc2ccccc2)c2ccccc2)c1. The van der Waals surface area contributed by atoms with Crippen LogP contribution in [0.5, 0.6) is 0 Å². The van der Waals surface area contributed by atoms with Gasteiger partial charge in [-0.3, -0.25) is 14.9 Å². The topological polar surface area (TPSA) is 102 Å². The van der Waals surface area contributed by atoms with Gasteiger partial charge in [0.2, 0.25) is 5.91 Å². The molecule has 0 spiro atoms. The number of hydrogen-bond acceptors (Lipinski definition) is 6. The number of nitro groups is 1. The van der Waals surface area contributed by atoms with E-state index in [1.165, 1.54) is 25.3 Å². The maximum atomic E-state index is 13.9. The van der Waals surface area contributed by atoms with Crippen molar-refractivity contribution in [2.45, 2.75) is 19.1 Å². The van der Waals surface area contributed by atoms with Crippen LogP contribution < -0.4 is 10.2 Å². The van der Waals surface area contributed by atoms with Gasteiger partial charge >= 0.3 is 5.97 Å². The van der Waals surface area contributed by atoms with Gasteiger partial charge in [-0.25, -0.2) is 4.79 Å². The largest absolute Gasteiger partial charge is 0.465 e. The Morgan fingerprint density at radius 1 is 0.868 bits per heavy atom. The molecule has 1 amide bonds. The first-order valence-corrected chi connectivity index (χ1v) is 12.0. The third-order valence-corrected chi connectivity index (χ3v) is 6.08. The average Bonchev–Trinajstić information content (AvgIpc) is 2.96. The number of nitrogens with zero attached hydrogens (tertiary/aromatic N) is 2. The Balaban J connectivity index is 1.85. The number of amides is 1. The summed E-state index contributed by atoms with van der Waals surface area (Å²) in [4.78, 5) is 39.5. The predicted molar refractivity (Wildman–Crippen MR) is 145 cm³/mol. The van der Waals surface area contributed by atoms with E-state index in [4.69, 9.17) is 4.74 Å². The molecule has 0 saturated heterocycles. The molecule has 4 aromatic carbocycles. The molecule has 192 valence electrons. The summed E-state index contributed by atoms with van der Waals surface area (Å²) in [5.74, 6) is -0.973. The Kier molecular flexibility index (Phi) is 8.46. The maximum absolute atomic E-state index is 13.9. The molecule has 0 heterocycles. The van der Waals surface area contributed by atoms with E-state index < -0.39 is 16.9 Å². The van der Waals surface area contributed by atoms with Gasteiger partial charge in [-0.15, -0.1) is 0 Å². The van der Waals surface area contributed by atoms with Crippen LogP contribution in [0.3, 0.4) is 0 Å². The Labute approximate surface area is 220 Å². The fraction of sp³-hybridized carbons (Fsp3) is 0.133. The second-order valence-electron chi connectivity index (χ2n) is 8.58. The summed E-state index contributed by atoms with van der Waals surface area (Å²) < 4.78 is 4.86. The van der Waals surface area contributed by atoms with Crippen molar-refractivity contribution in [1.29, 1.82) is 0 Å². The lowest BCUT2D eigenvalue weighted by Crippen LogP contribution is -2.40. The molecular formula is C30H27N3O5. The minimum atomic E-state index is -0.938. The van der Waals surface area contributed by atoms with Gasteiger partial charge in [-0.2, -0.15) is 0 Å². The van der Waals surface area contributed by atoms with E-state index >= 15 is 0 Å². The van der Waals surface area contributed by atoms with Gasteiger partial charge < -0.3 is 15.0 Å². The van der Waals surface area contributed by atoms with Crippen molar-refractivity contribution in [2.24, 2.45) is 0 Å². The molecular weight excluding hydrogens is 482 g/mol. The minimum absolute atomic E-state index is 0.130. The van der Waals surface area contributed by atoms with Gasteiger partial charge in [-0.1, -0.05) is 91.0 Å². The maximum Gasteiger partial charge on any atom is 0.337 e. The van der Waals surface area contributed by atoms with Crippen LogP contribution in [-0.4, -0.2) is 23.9 Å².